The first-order chi connectivity index (χ1) is 14.7. The van der Waals surface area contributed by atoms with Gasteiger partial charge in [-0.1, -0.05) is 59.2 Å². The number of benzene rings is 2. The predicted octanol–water partition coefficient (Wildman–Crippen LogP) is 4.39. The van der Waals surface area contributed by atoms with Crippen molar-refractivity contribution in [2.45, 2.75) is 38.4 Å². The number of halogens is 1. The third-order valence-electron chi connectivity index (χ3n) is 5.28. The van der Waals surface area contributed by atoms with Gasteiger partial charge in [0.2, 0.25) is 5.91 Å². The summed E-state index contributed by atoms with van der Waals surface area (Å²) < 4.78 is 11.0. The molecule has 3 aromatic rings. The largest absolute Gasteiger partial charge is 0.367 e. The SMILES string of the molecule is O=C(Cc1cccc(Cl)c1)N1CCC(c2noc(COCc3ccccc3)n2)CC1. The topological polar surface area (TPSA) is 68.5 Å². The fourth-order valence-electron chi connectivity index (χ4n) is 3.64. The van der Waals surface area contributed by atoms with Crippen LogP contribution in [-0.2, 0) is 29.2 Å². The highest BCUT2D eigenvalue weighted by Crippen LogP contribution is 2.26. The molecular formula is C23H24ClN3O3. The number of rotatable bonds is 7. The minimum atomic E-state index is 0.124. The van der Waals surface area contributed by atoms with E-state index in [0.717, 1.165) is 24.0 Å². The molecule has 1 amide bonds. The molecule has 1 fully saturated rings. The molecule has 2 heterocycles. The molecule has 1 saturated heterocycles. The van der Waals surface area contributed by atoms with Gasteiger partial charge >= 0.3 is 0 Å². The Labute approximate surface area is 180 Å². The first kappa shape index (κ1) is 20.6. The zero-order chi connectivity index (χ0) is 20.8. The molecule has 1 aliphatic rings. The minimum Gasteiger partial charge on any atom is -0.367 e. The van der Waals surface area contributed by atoms with Crippen molar-refractivity contribution in [1.82, 2.24) is 15.0 Å². The number of hydrogen-bond donors (Lipinski definition) is 0. The Balaban J connectivity index is 1.23. The standard InChI is InChI=1S/C23H24ClN3O3/c24-20-8-4-7-18(13-20)14-22(28)27-11-9-19(10-12-27)23-25-21(30-26-23)16-29-15-17-5-2-1-3-6-17/h1-8,13,19H,9-12,14-16H2. The van der Waals surface area contributed by atoms with Gasteiger partial charge in [-0.2, -0.15) is 4.98 Å². The van der Waals surface area contributed by atoms with Crippen LogP contribution in [0.15, 0.2) is 59.1 Å². The highest BCUT2D eigenvalue weighted by Gasteiger charge is 2.27. The molecule has 4 rings (SSSR count). The molecule has 2 aromatic carbocycles. The predicted molar refractivity (Wildman–Crippen MR) is 113 cm³/mol. The van der Waals surface area contributed by atoms with Crippen molar-refractivity contribution >= 4 is 17.5 Å². The molecule has 0 radical (unpaired) electrons. The maximum atomic E-state index is 12.6. The van der Waals surface area contributed by atoms with Crippen LogP contribution in [0.1, 0.15) is 41.6 Å². The zero-order valence-corrected chi connectivity index (χ0v) is 17.4. The zero-order valence-electron chi connectivity index (χ0n) is 16.7. The molecule has 0 bridgehead atoms. The molecule has 1 aliphatic heterocycles. The summed E-state index contributed by atoms with van der Waals surface area (Å²) in [6.45, 7) is 2.18. The van der Waals surface area contributed by atoms with Crippen molar-refractivity contribution in [3.8, 4) is 0 Å². The smallest absolute Gasteiger partial charge is 0.252 e. The third-order valence-corrected chi connectivity index (χ3v) is 5.51. The van der Waals surface area contributed by atoms with Crippen molar-refractivity contribution in [1.29, 1.82) is 0 Å². The molecule has 30 heavy (non-hydrogen) atoms. The van der Waals surface area contributed by atoms with Crippen LogP contribution in [0.5, 0.6) is 0 Å². The number of carbonyl (C=O) groups excluding carboxylic acids is 1. The van der Waals surface area contributed by atoms with Crippen LogP contribution < -0.4 is 0 Å². The van der Waals surface area contributed by atoms with Crippen molar-refractivity contribution in [2.24, 2.45) is 0 Å². The van der Waals surface area contributed by atoms with Crippen molar-refractivity contribution < 1.29 is 14.1 Å². The lowest BCUT2D eigenvalue weighted by Crippen LogP contribution is -2.39. The van der Waals surface area contributed by atoms with Gasteiger partial charge in [0.25, 0.3) is 5.89 Å². The minimum absolute atomic E-state index is 0.124. The Morgan fingerprint density at radius 3 is 2.60 bits per heavy atom. The summed E-state index contributed by atoms with van der Waals surface area (Å²) in [6.07, 6.45) is 2.02. The molecule has 0 spiro atoms. The number of hydrogen-bond acceptors (Lipinski definition) is 5. The normalized spacial score (nSPS) is 14.8. The molecule has 156 valence electrons. The summed E-state index contributed by atoms with van der Waals surface area (Å²) in [5.41, 5.74) is 2.04. The molecule has 0 N–H and O–H groups in total. The van der Waals surface area contributed by atoms with E-state index in [0.29, 0.717) is 49.5 Å². The quantitative estimate of drug-likeness (QED) is 0.561. The summed E-state index contributed by atoms with van der Waals surface area (Å²) in [4.78, 5) is 19.0. The summed E-state index contributed by atoms with van der Waals surface area (Å²) >= 11 is 6.01. The summed E-state index contributed by atoms with van der Waals surface area (Å²) in [6, 6.07) is 17.4. The third kappa shape index (κ3) is 5.46. The van der Waals surface area contributed by atoms with Gasteiger partial charge in [-0.15, -0.1) is 0 Å². The van der Waals surface area contributed by atoms with Crippen LogP contribution in [-0.4, -0.2) is 34.0 Å². The average Bonchev–Trinajstić information content (AvgIpc) is 3.24. The second-order valence-corrected chi connectivity index (χ2v) is 7.92. The van der Waals surface area contributed by atoms with Gasteiger partial charge in [0.05, 0.1) is 13.0 Å². The Bertz CT molecular complexity index is 969. The summed E-state index contributed by atoms with van der Waals surface area (Å²) in [5.74, 6) is 1.52. The number of carbonyl (C=O) groups is 1. The second-order valence-electron chi connectivity index (χ2n) is 7.49. The molecule has 0 aliphatic carbocycles. The fraction of sp³-hybridized carbons (Fsp3) is 0.348. The summed E-state index contributed by atoms with van der Waals surface area (Å²) in [7, 11) is 0. The van der Waals surface area contributed by atoms with E-state index in [-0.39, 0.29) is 11.8 Å². The molecule has 0 atom stereocenters. The molecule has 1 aromatic heterocycles. The van der Waals surface area contributed by atoms with Gasteiger partial charge in [0.1, 0.15) is 6.61 Å². The molecule has 0 saturated carbocycles. The maximum Gasteiger partial charge on any atom is 0.252 e. The van der Waals surface area contributed by atoms with Crippen molar-refractivity contribution in [3.05, 3.63) is 82.5 Å². The van der Waals surface area contributed by atoms with Gasteiger partial charge < -0.3 is 14.2 Å². The van der Waals surface area contributed by atoms with Gasteiger partial charge in [-0.05, 0) is 36.1 Å². The van der Waals surface area contributed by atoms with Gasteiger partial charge in [0.15, 0.2) is 5.82 Å². The fourth-order valence-corrected chi connectivity index (χ4v) is 3.86. The lowest BCUT2D eigenvalue weighted by Gasteiger charge is -2.30. The lowest BCUT2D eigenvalue weighted by molar-refractivity contribution is -0.131. The van der Waals surface area contributed by atoms with E-state index in [1.54, 1.807) is 0 Å². The van der Waals surface area contributed by atoms with Crippen molar-refractivity contribution in [2.75, 3.05) is 13.1 Å². The highest BCUT2D eigenvalue weighted by molar-refractivity contribution is 6.30. The van der Waals surface area contributed by atoms with E-state index < -0.39 is 0 Å². The number of aromatic nitrogens is 2. The van der Waals surface area contributed by atoms with E-state index in [2.05, 4.69) is 10.1 Å². The van der Waals surface area contributed by atoms with Crippen LogP contribution in [0.3, 0.4) is 0 Å². The number of likely N-dealkylation sites (tertiary alicyclic amines) is 1. The second kappa shape index (κ2) is 9.87. The van der Waals surface area contributed by atoms with Crippen molar-refractivity contribution in [3.63, 3.8) is 0 Å². The van der Waals surface area contributed by atoms with Gasteiger partial charge in [-0.3, -0.25) is 4.79 Å². The van der Waals surface area contributed by atoms with E-state index >= 15 is 0 Å². The Morgan fingerprint density at radius 1 is 1.07 bits per heavy atom. The molecule has 7 heteroatoms. The Kier molecular flexibility index (Phi) is 6.77. The highest BCUT2D eigenvalue weighted by atomic mass is 35.5. The van der Waals surface area contributed by atoms with Crippen LogP contribution in [0.25, 0.3) is 0 Å². The van der Waals surface area contributed by atoms with Crippen LogP contribution in [0.4, 0.5) is 0 Å². The van der Waals surface area contributed by atoms with Crippen LogP contribution >= 0.6 is 11.6 Å². The monoisotopic (exact) mass is 425 g/mol. The van der Waals surface area contributed by atoms with E-state index in [9.17, 15) is 4.79 Å². The number of amides is 1. The Morgan fingerprint density at radius 2 is 1.83 bits per heavy atom. The van der Waals surface area contributed by atoms with Crippen LogP contribution in [0.2, 0.25) is 5.02 Å². The van der Waals surface area contributed by atoms with E-state index in [1.807, 2.05) is 59.5 Å². The number of nitrogens with zero attached hydrogens (tertiary/aromatic N) is 3. The Hall–Kier alpha value is -2.70. The number of piperidine rings is 1. The van der Waals surface area contributed by atoms with Gasteiger partial charge in [0, 0.05) is 24.0 Å². The molecular weight excluding hydrogens is 402 g/mol. The summed E-state index contributed by atoms with van der Waals surface area (Å²) in [5, 5.41) is 4.78. The lowest BCUT2D eigenvalue weighted by atomic mass is 9.95. The van der Waals surface area contributed by atoms with Crippen LogP contribution in [0, 0.1) is 0 Å². The first-order valence-electron chi connectivity index (χ1n) is 10.1. The molecule has 0 unspecified atom stereocenters. The van der Waals surface area contributed by atoms with Gasteiger partial charge in [-0.25, -0.2) is 0 Å². The molecule has 6 nitrogen and oxygen atoms in total. The number of ether oxygens (including phenoxy) is 1. The van der Waals surface area contributed by atoms with E-state index in [1.165, 1.54) is 0 Å². The maximum absolute atomic E-state index is 12.6. The average molecular weight is 426 g/mol. The first-order valence-corrected chi connectivity index (χ1v) is 10.5. The van der Waals surface area contributed by atoms with E-state index in [4.69, 9.17) is 20.9 Å².